The average Bonchev–Trinajstić information content (AvgIpc) is 2.38. The molecule has 1 aromatic rings. The smallest absolute Gasteiger partial charge is 0.130 e. The molecule has 0 spiro atoms. The van der Waals surface area contributed by atoms with Gasteiger partial charge >= 0.3 is 0 Å². The van der Waals surface area contributed by atoms with Crippen molar-refractivity contribution in [3.63, 3.8) is 0 Å². The minimum absolute atomic E-state index is 0.0928. The van der Waals surface area contributed by atoms with Crippen LogP contribution in [0.2, 0.25) is 0 Å². The van der Waals surface area contributed by atoms with Gasteiger partial charge in [-0.05, 0) is 44.9 Å². The molecule has 1 aliphatic rings. The molecule has 2 atom stereocenters. The molecule has 0 amide bonds. The van der Waals surface area contributed by atoms with E-state index in [-0.39, 0.29) is 17.7 Å². The van der Waals surface area contributed by atoms with Gasteiger partial charge in [0.25, 0.3) is 0 Å². The van der Waals surface area contributed by atoms with Crippen LogP contribution in [0.4, 0.5) is 8.78 Å². The molecule has 18 heavy (non-hydrogen) atoms. The van der Waals surface area contributed by atoms with Gasteiger partial charge in [0.2, 0.25) is 0 Å². The molecule has 1 aromatic carbocycles. The third-order valence-corrected chi connectivity index (χ3v) is 3.47. The second-order valence-electron chi connectivity index (χ2n) is 4.70. The standard InChI is InChI=1S/C14H19F2NO/c1-17-13(9-10-5-2-3-8-18-10)14-11(15)6-4-7-12(14)16/h4,6-7,10,13,17H,2-3,5,8-9H2,1H3. The Morgan fingerprint density at radius 1 is 1.33 bits per heavy atom. The predicted molar refractivity (Wildman–Crippen MR) is 66.4 cm³/mol. The average molecular weight is 255 g/mol. The highest BCUT2D eigenvalue weighted by molar-refractivity contribution is 5.23. The predicted octanol–water partition coefficient (Wildman–Crippen LogP) is 3.18. The van der Waals surface area contributed by atoms with Crippen molar-refractivity contribution in [1.82, 2.24) is 5.32 Å². The summed E-state index contributed by atoms with van der Waals surface area (Å²) in [4.78, 5) is 0. The fourth-order valence-electron chi connectivity index (χ4n) is 2.48. The lowest BCUT2D eigenvalue weighted by Crippen LogP contribution is -2.28. The quantitative estimate of drug-likeness (QED) is 0.892. The zero-order valence-electron chi connectivity index (χ0n) is 10.6. The van der Waals surface area contributed by atoms with Gasteiger partial charge in [-0.2, -0.15) is 0 Å². The number of benzene rings is 1. The minimum atomic E-state index is -0.495. The van der Waals surface area contributed by atoms with E-state index in [0.717, 1.165) is 25.9 Å². The van der Waals surface area contributed by atoms with Crippen molar-refractivity contribution in [3.05, 3.63) is 35.4 Å². The van der Waals surface area contributed by atoms with Crippen molar-refractivity contribution in [2.24, 2.45) is 0 Å². The van der Waals surface area contributed by atoms with Crippen molar-refractivity contribution >= 4 is 0 Å². The summed E-state index contributed by atoms with van der Waals surface area (Å²) in [7, 11) is 1.72. The Labute approximate surface area is 106 Å². The number of hydrogen-bond donors (Lipinski definition) is 1. The molecule has 1 fully saturated rings. The van der Waals surface area contributed by atoms with E-state index in [1.807, 2.05) is 0 Å². The fourth-order valence-corrected chi connectivity index (χ4v) is 2.48. The first kappa shape index (κ1) is 13.4. The molecule has 0 aliphatic carbocycles. The van der Waals surface area contributed by atoms with E-state index >= 15 is 0 Å². The summed E-state index contributed by atoms with van der Waals surface area (Å²) in [6, 6.07) is 3.64. The van der Waals surface area contributed by atoms with Gasteiger partial charge in [-0.15, -0.1) is 0 Å². The van der Waals surface area contributed by atoms with E-state index in [0.29, 0.717) is 6.42 Å². The molecular weight excluding hydrogens is 236 g/mol. The van der Waals surface area contributed by atoms with E-state index in [2.05, 4.69) is 5.32 Å². The fraction of sp³-hybridized carbons (Fsp3) is 0.571. The van der Waals surface area contributed by atoms with Crippen LogP contribution in [0.15, 0.2) is 18.2 Å². The molecule has 4 heteroatoms. The molecule has 0 saturated carbocycles. The largest absolute Gasteiger partial charge is 0.378 e. The Balaban J connectivity index is 2.12. The SMILES string of the molecule is CNC(CC1CCCCO1)c1c(F)cccc1F. The lowest BCUT2D eigenvalue weighted by Gasteiger charge is -2.27. The van der Waals surface area contributed by atoms with Gasteiger partial charge in [0.15, 0.2) is 0 Å². The maximum atomic E-state index is 13.7. The van der Waals surface area contributed by atoms with Crippen molar-refractivity contribution < 1.29 is 13.5 Å². The zero-order chi connectivity index (χ0) is 13.0. The summed E-state index contributed by atoms with van der Waals surface area (Å²) >= 11 is 0. The Hall–Kier alpha value is -1.00. The van der Waals surface area contributed by atoms with E-state index in [1.54, 1.807) is 7.05 Å². The molecule has 1 heterocycles. The van der Waals surface area contributed by atoms with E-state index in [9.17, 15) is 8.78 Å². The first-order valence-electron chi connectivity index (χ1n) is 6.45. The molecule has 1 N–H and O–H groups in total. The number of rotatable bonds is 4. The van der Waals surface area contributed by atoms with Gasteiger partial charge in [0, 0.05) is 18.2 Å². The summed E-state index contributed by atoms with van der Waals surface area (Å²) in [5, 5.41) is 2.99. The molecule has 0 bridgehead atoms. The molecule has 100 valence electrons. The van der Waals surface area contributed by atoms with Crippen molar-refractivity contribution in [3.8, 4) is 0 Å². The lowest BCUT2D eigenvalue weighted by atomic mass is 9.96. The minimum Gasteiger partial charge on any atom is -0.378 e. The second-order valence-corrected chi connectivity index (χ2v) is 4.70. The Morgan fingerprint density at radius 2 is 2.06 bits per heavy atom. The van der Waals surface area contributed by atoms with Crippen LogP contribution in [-0.2, 0) is 4.74 Å². The highest BCUT2D eigenvalue weighted by Crippen LogP contribution is 2.28. The Kier molecular flexibility index (Phi) is 4.66. The highest BCUT2D eigenvalue weighted by atomic mass is 19.1. The molecule has 0 radical (unpaired) electrons. The van der Waals surface area contributed by atoms with E-state index in [1.165, 1.54) is 18.2 Å². The Bertz CT molecular complexity index is 371. The number of hydrogen-bond acceptors (Lipinski definition) is 2. The van der Waals surface area contributed by atoms with Crippen LogP contribution in [0, 0.1) is 11.6 Å². The van der Waals surface area contributed by atoms with Crippen molar-refractivity contribution in [1.29, 1.82) is 0 Å². The van der Waals surface area contributed by atoms with Crippen LogP contribution < -0.4 is 5.32 Å². The number of ether oxygens (including phenoxy) is 1. The van der Waals surface area contributed by atoms with Gasteiger partial charge in [-0.1, -0.05) is 6.07 Å². The highest BCUT2D eigenvalue weighted by Gasteiger charge is 2.24. The second kappa shape index (κ2) is 6.25. The monoisotopic (exact) mass is 255 g/mol. The molecule has 1 saturated heterocycles. The van der Waals surface area contributed by atoms with Crippen LogP contribution >= 0.6 is 0 Å². The maximum Gasteiger partial charge on any atom is 0.130 e. The normalized spacial score (nSPS) is 21.8. The van der Waals surface area contributed by atoms with Gasteiger partial charge in [0.1, 0.15) is 11.6 Å². The van der Waals surface area contributed by atoms with E-state index < -0.39 is 11.6 Å². The third-order valence-electron chi connectivity index (χ3n) is 3.47. The topological polar surface area (TPSA) is 21.3 Å². The van der Waals surface area contributed by atoms with Crippen molar-refractivity contribution in [2.75, 3.05) is 13.7 Å². The summed E-state index contributed by atoms with van der Waals surface area (Å²) in [5.74, 6) is -0.990. The zero-order valence-corrected chi connectivity index (χ0v) is 10.6. The van der Waals surface area contributed by atoms with Crippen LogP contribution in [0.1, 0.15) is 37.3 Å². The lowest BCUT2D eigenvalue weighted by molar-refractivity contribution is 0.00509. The third kappa shape index (κ3) is 3.06. The van der Waals surface area contributed by atoms with Gasteiger partial charge in [0.05, 0.1) is 6.10 Å². The molecule has 0 aromatic heterocycles. The van der Waals surface area contributed by atoms with Crippen LogP contribution in [0.3, 0.4) is 0 Å². The number of halogens is 2. The summed E-state index contributed by atoms with van der Waals surface area (Å²) in [6.07, 6.45) is 3.87. The summed E-state index contributed by atoms with van der Waals surface area (Å²) in [6.45, 7) is 0.751. The van der Waals surface area contributed by atoms with Crippen LogP contribution in [-0.4, -0.2) is 19.8 Å². The van der Waals surface area contributed by atoms with Crippen LogP contribution in [0.5, 0.6) is 0 Å². The van der Waals surface area contributed by atoms with Crippen molar-refractivity contribution in [2.45, 2.75) is 37.8 Å². The van der Waals surface area contributed by atoms with Gasteiger partial charge < -0.3 is 10.1 Å². The summed E-state index contributed by atoms with van der Waals surface area (Å²) in [5.41, 5.74) is 0.120. The molecule has 2 rings (SSSR count). The first-order valence-corrected chi connectivity index (χ1v) is 6.45. The maximum absolute atomic E-state index is 13.7. The van der Waals surface area contributed by atoms with Gasteiger partial charge in [-0.3, -0.25) is 0 Å². The van der Waals surface area contributed by atoms with E-state index in [4.69, 9.17) is 4.74 Å². The van der Waals surface area contributed by atoms with Crippen LogP contribution in [0.25, 0.3) is 0 Å². The van der Waals surface area contributed by atoms with Gasteiger partial charge in [-0.25, -0.2) is 8.78 Å². The molecular formula is C14H19F2NO. The molecule has 1 aliphatic heterocycles. The number of nitrogens with one attached hydrogen (secondary N) is 1. The molecule has 2 unspecified atom stereocenters. The Morgan fingerprint density at radius 3 is 2.61 bits per heavy atom. The summed E-state index contributed by atoms with van der Waals surface area (Å²) < 4.78 is 33.1. The first-order chi connectivity index (χ1) is 8.72. The molecule has 2 nitrogen and oxygen atoms in total.